The third-order valence-corrected chi connectivity index (χ3v) is 3.73. The number of carbonyl (C=O) groups excluding carboxylic acids is 1. The number of nitrogens with zero attached hydrogens (tertiary/aromatic N) is 1. The van der Waals surface area contributed by atoms with E-state index in [-0.39, 0.29) is 11.8 Å². The second-order valence-electron chi connectivity index (χ2n) is 5.27. The van der Waals surface area contributed by atoms with Crippen LogP contribution in [0.25, 0.3) is 0 Å². The summed E-state index contributed by atoms with van der Waals surface area (Å²) in [6.07, 6.45) is 0.848. The minimum Gasteiger partial charge on any atom is -0.381 e. The van der Waals surface area contributed by atoms with Crippen molar-refractivity contribution in [3.05, 3.63) is 29.8 Å². The Morgan fingerprint density at radius 1 is 1.50 bits per heavy atom. The van der Waals surface area contributed by atoms with Crippen molar-refractivity contribution < 1.29 is 9.53 Å². The van der Waals surface area contributed by atoms with Gasteiger partial charge in [0.2, 0.25) is 5.91 Å². The Hall–Kier alpha value is -1.55. The van der Waals surface area contributed by atoms with E-state index in [0.29, 0.717) is 19.8 Å². The number of benzene rings is 1. The molecule has 1 N–H and O–H groups in total. The van der Waals surface area contributed by atoms with Crippen LogP contribution in [0.4, 0.5) is 5.69 Å². The fourth-order valence-electron chi connectivity index (χ4n) is 2.49. The minimum atomic E-state index is 0.0454. The lowest BCUT2D eigenvalue weighted by atomic mass is 10.1. The molecule has 1 aromatic rings. The maximum atomic E-state index is 11.9. The van der Waals surface area contributed by atoms with Crippen molar-refractivity contribution in [1.29, 1.82) is 0 Å². The smallest absolute Gasteiger partial charge is 0.225 e. The monoisotopic (exact) mass is 276 g/mol. The maximum absolute atomic E-state index is 11.9. The molecule has 1 fully saturated rings. The van der Waals surface area contributed by atoms with Crippen molar-refractivity contribution in [1.82, 2.24) is 5.32 Å². The van der Waals surface area contributed by atoms with Gasteiger partial charge >= 0.3 is 0 Å². The summed E-state index contributed by atoms with van der Waals surface area (Å²) in [6.45, 7) is 7.96. The summed E-state index contributed by atoms with van der Waals surface area (Å²) in [7, 11) is 0. The number of hydrogen-bond donors (Lipinski definition) is 1. The second-order valence-corrected chi connectivity index (χ2v) is 5.27. The molecule has 0 bridgehead atoms. The molecule has 0 spiro atoms. The molecule has 1 aromatic carbocycles. The standard InChI is InChI=1S/C16H24N2O2/c1-3-18(15-6-4-5-13(2)11-15)9-8-17-16(19)14-7-10-20-12-14/h4-6,11,14H,3,7-10,12H2,1-2H3,(H,17,19). The van der Waals surface area contributed by atoms with Crippen LogP contribution in [0.5, 0.6) is 0 Å². The Kier molecular flexibility index (Phi) is 5.41. The average molecular weight is 276 g/mol. The van der Waals surface area contributed by atoms with Gasteiger partial charge in [-0.1, -0.05) is 12.1 Å². The molecular formula is C16H24N2O2. The van der Waals surface area contributed by atoms with Crippen LogP contribution < -0.4 is 10.2 Å². The van der Waals surface area contributed by atoms with Crippen LogP contribution >= 0.6 is 0 Å². The first-order valence-electron chi connectivity index (χ1n) is 7.37. The van der Waals surface area contributed by atoms with Crippen LogP contribution in [0, 0.1) is 12.8 Å². The van der Waals surface area contributed by atoms with E-state index in [4.69, 9.17) is 4.74 Å². The number of amides is 1. The predicted octanol–water partition coefficient (Wildman–Crippen LogP) is 1.97. The van der Waals surface area contributed by atoms with Gasteiger partial charge in [0.1, 0.15) is 0 Å². The lowest BCUT2D eigenvalue weighted by Crippen LogP contribution is -2.38. The zero-order valence-electron chi connectivity index (χ0n) is 12.4. The number of anilines is 1. The second kappa shape index (κ2) is 7.29. The SMILES string of the molecule is CCN(CCNC(=O)C1CCOC1)c1cccc(C)c1. The van der Waals surface area contributed by atoms with Crippen LogP contribution in [0.2, 0.25) is 0 Å². The molecule has 1 heterocycles. The third-order valence-electron chi connectivity index (χ3n) is 3.73. The first kappa shape index (κ1) is 14.9. The van der Waals surface area contributed by atoms with E-state index < -0.39 is 0 Å². The number of likely N-dealkylation sites (N-methyl/N-ethyl adjacent to an activating group) is 1. The first-order valence-corrected chi connectivity index (χ1v) is 7.37. The molecule has 1 aliphatic heterocycles. The molecule has 1 amide bonds. The van der Waals surface area contributed by atoms with Gasteiger partial charge in [0.15, 0.2) is 0 Å². The molecule has 4 heteroatoms. The number of aryl methyl sites for hydroxylation is 1. The van der Waals surface area contributed by atoms with E-state index >= 15 is 0 Å². The Morgan fingerprint density at radius 3 is 3.00 bits per heavy atom. The van der Waals surface area contributed by atoms with Gasteiger partial charge < -0.3 is 15.0 Å². The van der Waals surface area contributed by atoms with Crippen molar-refractivity contribution in [2.24, 2.45) is 5.92 Å². The topological polar surface area (TPSA) is 41.6 Å². The van der Waals surface area contributed by atoms with E-state index in [1.165, 1.54) is 11.3 Å². The Balaban J connectivity index is 1.80. The van der Waals surface area contributed by atoms with Crippen molar-refractivity contribution in [3.8, 4) is 0 Å². The molecule has 0 aliphatic carbocycles. The fourth-order valence-corrected chi connectivity index (χ4v) is 2.49. The number of ether oxygens (including phenoxy) is 1. The highest BCUT2D eigenvalue weighted by Crippen LogP contribution is 2.15. The maximum Gasteiger partial charge on any atom is 0.225 e. The minimum absolute atomic E-state index is 0.0454. The molecule has 2 rings (SSSR count). The normalized spacial score (nSPS) is 18.0. The summed E-state index contributed by atoms with van der Waals surface area (Å²) in [5.41, 5.74) is 2.47. The first-order chi connectivity index (χ1) is 9.70. The van der Waals surface area contributed by atoms with Crippen LogP contribution in [0.1, 0.15) is 18.9 Å². The van der Waals surface area contributed by atoms with E-state index in [0.717, 1.165) is 19.5 Å². The molecular weight excluding hydrogens is 252 g/mol. The van der Waals surface area contributed by atoms with Gasteiger partial charge in [0.25, 0.3) is 0 Å². The van der Waals surface area contributed by atoms with Crippen LogP contribution in [0.15, 0.2) is 24.3 Å². The van der Waals surface area contributed by atoms with E-state index in [2.05, 4.69) is 48.3 Å². The number of carbonyl (C=O) groups is 1. The molecule has 1 unspecified atom stereocenters. The van der Waals surface area contributed by atoms with E-state index in [1.54, 1.807) is 0 Å². The zero-order chi connectivity index (χ0) is 14.4. The Morgan fingerprint density at radius 2 is 2.35 bits per heavy atom. The van der Waals surface area contributed by atoms with E-state index in [1.807, 2.05) is 0 Å². The van der Waals surface area contributed by atoms with Crippen molar-refractivity contribution >= 4 is 11.6 Å². The third kappa shape index (κ3) is 3.97. The van der Waals surface area contributed by atoms with Gasteiger partial charge in [-0.2, -0.15) is 0 Å². The van der Waals surface area contributed by atoms with Gasteiger partial charge in [0, 0.05) is 31.9 Å². The van der Waals surface area contributed by atoms with Crippen LogP contribution in [0.3, 0.4) is 0 Å². The van der Waals surface area contributed by atoms with Gasteiger partial charge in [-0.05, 0) is 38.0 Å². The molecule has 20 heavy (non-hydrogen) atoms. The molecule has 1 aliphatic rings. The fraction of sp³-hybridized carbons (Fsp3) is 0.562. The highest BCUT2D eigenvalue weighted by Gasteiger charge is 2.22. The summed E-state index contributed by atoms with van der Waals surface area (Å²) < 4.78 is 5.24. The Labute approximate surface area is 121 Å². The van der Waals surface area contributed by atoms with Gasteiger partial charge in [-0.3, -0.25) is 4.79 Å². The number of nitrogens with one attached hydrogen (secondary N) is 1. The number of rotatable bonds is 6. The van der Waals surface area contributed by atoms with Gasteiger partial charge in [0.05, 0.1) is 12.5 Å². The lowest BCUT2D eigenvalue weighted by Gasteiger charge is -2.24. The molecule has 1 atom stereocenters. The summed E-state index contributed by atoms with van der Waals surface area (Å²) >= 11 is 0. The average Bonchev–Trinajstić information content (AvgIpc) is 2.97. The van der Waals surface area contributed by atoms with Gasteiger partial charge in [-0.25, -0.2) is 0 Å². The molecule has 110 valence electrons. The highest BCUT2D eigenvalue weighted by molar-refractivity contribution is 5.79. The molecule has 0 saturated carbocycles. The lowest BCUT2D eigenvalue weighted by molar-refractivity contribution is -0.124. The van der Waals surface area contributed by atoms with E-state index in [9.17, 15) is 4.79 Å². The molecule has 4 nitrogen and oxygen atoms in total. The molecule has 1 saturated heterocycles. The molecule has 0 radical (unpaired) electrons. The van der Waals surface area contributed by atoms with Crippen molar-refractivity contribution in [3.63, 3.8) is 0 Å². The zero-order valence-corrected chi connectivity index (χ0v) is 12.4. The molecule has 0 aromatic heterocycles. The van der Waals surface area contributed by atoms with Crippen molar-refractivity contribution in [2.75, 3.05) is 37.7 Å². The summed E-state index contributed by atoms with van der Waals surface area (Å²) in [5, 5.41) is 3.01. The Bertz CT molecular complexity index is 442. The van der Waals surface area contributed by atoms with Crippen molar-refractivity contribution in [2.45, 2.75) is 20.3 Å². The highest BCUT2D eigenvalue weighted by atomic mass is 16.5. The quantitative estimate of drug-likeness (QED) is 0.864. The summed E-state index contributed by atoms with van der Waals surface area (Å²) in [6, 6.07) is 8.46. The predicted molar refractivity (Wildman–Crippen MR) is 81.0 cm³/mol. The largest absolute Gasteiger partial charge is 0.381 e. The van der Waals surface area contributed by atoms with Gasteiger partial charge in [-0.15, -0.1) is 0 Å². The van der Waals surface area contributed by atoms with Crippen LogP contribution in [-0.4, -0.2) is 38.8 Å². The van der Waals surface area contributed by atoms with Crippen LogP contribution in [-0.2, 0) is 9.53 Å². The summed E-state index contributed by atoms with van der Waals surface area (Å²) in [5.74, 6) is 0.173. The summed E-state index contributed by atoms with van der Waals surface area (Å²) in [4.78, 5) is 14.2. The number of hydrogen-bond acceptors (Lipinski definition) is 3.